The van der Waals surface area contributed by atoms with Crippen LogP contribution in [0.4, 0.5) is 0 Å². The zero-order valence-corrected chi connectivity index (χ0v) is 10.6. The van der Waals surface area contributed by atoms with Crippen molar-refractivity contribution >= 4 is 0 Å². The van der Waals surface area contributed by atoms with Crippen LogP contribution in [0.3, 0.4) is 0 Å². The molecule has 0 unspecified atom stereocenters. The Morgan fingerprint density at radius 2 is 1.79 bits per heavy atom. The predicted octanol–water partition coefficient (Wildman–Crippen LogP) is 3.55. The van der Waals surface area contributed by atoms with Gasteiger partial charge in [-0.1, -0.05) is 48.0 Å². The van der Waals surface area contributed by atoms with Crippen LogP contribution in [0.2, 0.25) is 0 Å². The van der Waals surface area contributed by atoms with Crippen LogP contribution in [0.15, 0.2) is 60.8 Å². The van der Waals surface area contributed by atoms with Crippen molar-refractivity contribution in [3.05, 3.63) is 66.4 Å². The molecule has 0 fully saturated rings. The lowest BCUT2D eigenvalue weighted by molar-refractivity contribution is 0.449. The first-order chi connectivity index (χ1) is 9.24. The first-order valence-corrected chi connectivity index (χ1v) is 6.15. The Bertz CT molecular complexity index is 702. The normalized spacial score (nSPS) is 10.6. The van der Waals surface area contributed by atoms with Gasteiger partial charge in [0.1, 0.15) is 0 Å². The van der Waals surface area contributed by atoms with Crippen molar-refractivity contribution in [1.29, 1.82) is 0 Å². The van der Waals surface area contributed by atoms with E-state index in [4.69, 9.17) is 0 Å². The molecular weight excluding hydrogens is 236 g/mol. The van der Waals surface area contributed by atoms with Crippen LogP contribution in [-0.2, 0) is 0 Å². The van der Waals surface area contributed by atoms with Crippen molar-refractivity contribution in [2.75, 3.05) is 0 Å². The van der Waals surface area contributed by atoms with E-state index in [2.05, 4.69) is 5.10 Å². The largest absolute Gasteiger partial charge is 0.492 e. The molecule has 3 heteroatoms. The quantitative estimate of drug-likeness (QED) is 0.755. The van der Waals surface area contributed by atoms with Gasteiger partial charge in [-0.2, -0.15) is 0 Å². The highest BCUT2D eigenvalue weighted by atomic mass is 16.3. The Balaban J connectivity index is 2.08. The Kier molecular flexibility index (Phi) is 2.80. The number of para-hydroxylation sites is 1. The van der Waals surface area contributed by atoms with Crippen molar-refractivity contribution in [3.8, 4) is 22.7 Å². The summed E-state index contributed by atoms with van der Waals surface area (Å²) in [5.41, 5.74) is 3.80. The van der Waals surface area contributed by atoms with E-state index in [1.54, 1.807) is 4.68 Å². The lowest BCUT2D eigenvalue weighted by Crippen LogP contribution is -1.92. The molecule has 94 valence electrons. The smallest absolute Gasteiger partial charge is 0.238 e. The second-order valence-corrected chi connectivity index (χ2v) is 4.52. The fraction of sp³-hybridized carbons (Fsp3) is 0.0625. The SMILES string of the molecule is Cc1cccc(-c2cn(-c3ccccc3)nc2O)c1. The molecule has 2 aromatic carbocycles. The van der Waals surface area contributed by atoms with Gasteiger partial charge in [-0.25, -0.2) is 4.68 Å². The van der Waals surface area contributed by atoms with Crippen molar-refractivity contribution in [3.63, 3.8) is 0 Å². The molecule has 0 aliphatic rings. The summed E-state index contributed by atoms with van der Waals surface area (Å²) < 4.78 is 1.69. The number of hydrogen-bond donors (Lipinski definition) is 1. The average molecular weight is 250 g/mol. The molecule has 1 heterocycles. The number of aryl methyl sites for hydroxylation is 1. The molecule has 3 aromatic rings. The van der Waals surface area contributed by atoms with Gasteiger partial charge in [-0.15, -0.1) is 5.10 Å². The highest BCUT2D eigenvalue weighted by Gasteiger charge is 2.10. The molecule has 3 nitrogen and oxygen atoms in total. The Labute approximate surface area is 111 Å². The lowest BCUT2D eigenvalue weighted by Gasteiger charge is -2.00. The number of benzene rings is 2. The van der Waals surface area contributed by atoms with Gasteiger partial charge in [0.05, 0.1) is 11.3 Å². The predicted molar refractivity (Wildman–Crippen MR) is 75.4 cm³/mol. The summed E-state index contributed by atoms with van der Waals surface area (Å²) in [4.78, 5) is 0. The number of nitrogens with zero attached hydrogens (tertiary/aromatic N) is 2. The standard InChI is InChI=1S/C16H14N2O/c1-12-6-5-7-13(10-12)15-11-18(17-16(15)19)14-8-3-2-4-9-14/h2-11H,1H3,(H,17,19). The second kappa shape index (κ2) is 4.61. The van der Waals surface area contributed by atoms with Gasteiger partial charge >= 0.3 is 0 Å². The second-order valence-electron chi connectivity index (χ2n) is 4.52. The molecule has 0 bridgehead atoms. The molecular formula is C16H14N2O. The minimum absolute atomic E-state index is 0.0504. The zero-order chi connectivity index (χ0) is 13.2. The van der Waals surface area contributed by atoms with E-state index in [1.807, 2.05) is 67.7 Å². The van der Waals surface area contributed by atoms with Crippen molar-refractivity contribution in [2.24, 2.45) is 0 Å². The first kappa shape index (κ1) is 11.5. The van der Waals surface area contributed by atoms with Crippen molar-refractivity contribution < 1.29 is 5.11 Å². The first-order valence-electron chi connectivity index (χ1n) is 6.15. The molecule has 0 amide bonds. The van der Waals surface area contributed by atoms with Crippen LogP contribution in [0.5, 0.6) is 5.88 Å². The monoisotopic (exact) mass is 250 g/mol. The van der Waals surface area contributed by atoms with Crippen molar-refractivity contribution in [2.45, 2.75) is 6.92 Å². The molecule has 19 heavy (non-hydrogen) atoms. The van der Waals surface area contributed by atoms with Crippen molar-refractivity contribution in [1.82, 2.24) is 9.78 Å². The van der Waals surface area contributed by atoms with Gasteiger partial charge in [0.25, 0.3) is 0 Å². The number of hydrogen-bond acceptors (Lipinski definition) is 2. The fourth-order valence-electron chi connectivity index (χ4n) is 2.09. The molecule has 0 spiro atoms. The van der Waals surface area contributed by atoms with Gasteiger partial charge in [-0.3, -0.25) is 0 Å². The average Bonchev–Trinajstić information content (AvgIpc) is 2.82. The van der Waals surface area contributed by atoms with E-state index in [-0.39, 0.29) is 5.88 Å². The number of aromatic hydroxyl groups is 1. The van der Waals surface area contributed by atoms with Gasteiger partial charge in [0.2, 0.25) is 5.88 Å². The maximum atomic E-state index is 10.0. The Hall–Kier alpha value is -2.55. The van der Waals surface area contributed by atoms with Gasteiger partial charge in [0, 0.05) is 6.20 Å². The molecule has 0 atom stereocenters. The fourth-order valence-corrected chi connectivity index (χ4v) is 2.09. The summed E-state index contributed by atoms with van der Waals surface area (Å²) in [5.74, 6) is 0.0504. The highest BCUT2D eigenvalue weighted by Crippen LogP contribution is 2.29. The third-order valence-electron chi connectivity index (χ3n) is 3.04. The van der Waals surface area contributed by atoms with Crippen LogP contribution >= 0.6 is 0 Å². The van der Waals surface area contributed by atoms with Crippen LogP contribution in [0, 0.1) is 6.92 Å². The molecule has 0 saturated heterocycles. The van der Waals surface area contributed by atoms with E-state index in [9.17, 15) is 5.11 Å². The summed E-state index contributed by atoms with van der Waals surface area (Å²) in [5, 5.41) is 14.2. The molecule has 1 N–H and O–H groups in total. The Morgan fingerprint density at radius 3 is 2.53 bits per heavy atom. The van der Waals surface area contributed by atoms with E-state index in [1.165, 1.54) is 0 Å². The minimum Gasteiger partial charge on any atom is -0.492 e. The van der Waals surface area contributed by atoms with Gasteiger partial charge < -0.3 is 5.11 Å². The summed E-state index contributed by atoms with van der Waals surface area (Å²) in [6.07, 6.45) is 1.85. The maximum absolute atomic E-state index is 10.0. The van der Waals surface area contributed by atoms with E-state index in [0.29, 0.717) is 0 Å². The Morgan fingerprint density at radius 1 is 1.00 bits per heavy atom. The zero-order valence-electron chi connectivity index (χ0n) is 10.6. The molecule has 1 aromatic heterocycles. The minimum atomic E-state index is 0.0504. The van der Waals surface area contributed by atoms with E-state index >= 15 is 0 Å². The van der Waals surface area contributed by atoms with E-state index < -0.39 is 0 Å². The lowest BCUT2D eigenvalue weighted by atomic mass is 10.1. The van der Waals surface area contributed by atoms with Crippen LogP contribution < -0.4 is 0 Å². The molecule has 0 radical (unpaired) electrons. The van der Waals surface area contributed by atoms with Gasteiger partial charge in [-0.05, 0) is 24.6 Å². The summed E-state index contributed by atoms with van der Waals surface area (Å²) in [7, 11) is 0. The third kappa shape index (κ3) is 2.22. The maximum Gasteiger partial charge on any atom is 0.238 e. The summed E-state index contributed by atoms with van der Waals surface area (Å²) in [6.45, 7) is 2.03. The summed E-state index contributed by atoms with van der Waals surface area (Å²) in [6, 6.07) is 17.8. The molecule has 3 rings (SSSR count). The summed E-state index contributed by atoms with van der Waals surface area (Å²) >= 11 is 0. The van der Waals surface area contributed by atoms with Crippen LogP contribution in [0.1, 0.15) is 5.56 Å². The number of rotatable bonds is 2. The number of aromatic nitrogens is 2. The van der Waals surface area contributed by atoms with Crippen LogP contribution in [0.25, 0.3) is 16.8 Å². The molecule has 0 aliphatic heterocycles. The molecule has 0 saturated carbocycles. The highest BCUT2D eigenvalue weighted by molar-refractivity contribution is 5.68. The van der Waals surface area contributed by atoms with Gasteiger partial charge in [0.15, 0.2) is 0 Å². The third-order valence-corrected chi connectivity index (χ3v) is 3.04. The van der Waals surface area contributed by atoms with E-state index in [0.717, 1.165) is 22.4 Å². The van der Waals surface area contributed by atoms with Crippen LogP contribution in [-0.4, -0.2) is 14.9 Å². The molecule has 0 aliphatic carbocycles. The topological polar surface area (TPSA) is 38.0 Å².